The van der Waals surface area contributed by atoms with Gasteiger partial charge in [0.1, 0.15) is 5.82 Å². The van der Waals surface area contributed by atoms with E-state index in [1.54, 1.807) is 12.1 Å². The van der Waals surface area contributed by atoms with Gasteiger partial charge >= 0.3 is 6.18 Å². The van der Waals surface area contributed by atoms with Gasteiger partial charge in [0.15, 0.2) is 0 Å². The Morgan fingerprint density at radius 2 is 1.61 bits per heavy atom. The Hall–Kier alpha value is -3.61. The number of halogens is 3. The van der Waals surface area contributed by atoms with Crippen molar-refractivity contribution in [1.29, 1.82) is 0 Å². The molecule has 1 fully saturated rings. The Balaban J connectivity index is 1.60. The molecule has 0 radical (unpaired) electrons. The molecule has 0 aliphatic carbocycles. The first-order chi connectivity index (χ1) is 17.1. The summed E-state index contributed by atoms with van der Waals surface area (Å²) in [7, 11) is 0. The van der Waals surface area contributed by atoms with Gasteiger partial charge in [-0.2, -0.15) is 13.2 Å². The van der Waals surface area contributed by atoms with E-state index in [0.29, 0.717) is 11.1 Å². The molecule has 0 amide bonds. The molecular formula is C29H29F3N4. The van der Waals surface area contributed by atoms with Crippen molar-refractivity contribution >= 4 is 28.1 Å². The lowest BCUT2D eigenvalue weighted by Crippen LogP contribution is -2.19. The van der Waals surface area contributed by atoms with Gasteiger partial charge in [0.25, 0.3) is 0 Å². The zero-order chi connectivity index (χ0) is 25.5. The summed E-state index contributed by atoms with van der Waals surface area (Å²) in [5, 5.41) is 4.36. The number of pyridine rings is 2. The summed E-state index contributed by atoms with van der Waals surface area (Å²) in [6, 6.07) is 18.0. The Bertz CT molecular complexity index is 1380. The summed E-state index contributed by atoms with van der Waals surface area (Å²) in [5.74, 6) is 0.822. The van der Waals surface area contributed by atoms with Crippen molar-refractivity contribution < 1.29 is 13.2 Å². The second-order valence-electron chi connectivity index (χ2n) is 10.3. The van der Waals surface area contributed by atoms with Crippen molar-refractivity contribution in [3.05, 3.63) is 78.0 Å². The van der Waals surface area contributed by atoms with Gasteiger partial charge in [0.05, 0.1) is 22.5 Å². The van der Waals surface area contributed by atoms with Crippen LogP contribution in [-0.2, 0) is 11.6 Å². The van der Waals surface area contributed by atoms with Gasteiger partial charge in [0.2, 0.25) is 0 Å². The topological polar surface area (TPSA) is 41.0 Å². The molecule has 3 heterocycles. The van der Waals surface area contributed by atoms with E-state index in [4.69, 9.17) is 4.98 Å². The van der Waals surface area contributed by atoms with Crippen LogP contribution < -0.4 is 10.2 Å². The minimum absolute atomic E-state index is 0.0575. The average molecular weight is 491 g/mol. The number of nitrogens with one attached hydrogen (secondary N) is 1. The van der Waals surface area contributed by atoms with E-state index in [2.05, 4.69) is 60.2 Å². The highest BCUT2D eigenvalue weighted by molar-refractivity contribution is 5.97. The number of fused-ring (bicyclic) bond motifs is 1. The van der Waals surface area contributed by atoms with Crippen LogP contribution in [0.5, 0.6) is 0 Å². The van der Waals surface area contributed by atoms with Crippen LogP contribution in [0.15, 0.2) is 66.9 Å². The third-order valence-corrected chi connectivity index (χ3v) is 6.64. The van der Waals surface area contributed by atoms with Crippen LogP contribution in [0.4, 0.5) is 30.4 Å². The second kappa shape index (κ2) is 9.12. The largest absolute Gasteiger partial charge is 0.418 e. The molecule has 1 saturated heterocycles. The van der Waals surface area contributed by atoms with Crippen molar-refractivity contribution in [3.63, 3.8) is 0 Å². The number of hydrogen-bond acceptors (Lipinski definition) is 4. The molecule has 5 rings (SSSR count). The van der Waals surface area contributed by atoms with Crippen LogP contribution in [0.3, 0.4) is 0 Å². The van der Waals surface area contributed by atoms with E-state index in [0.717, 1.165) is 54.6 Å². The Morgan fingerprint density at radius 3 is 2.28 bits per heavy atom. The predicted molar refractivity (Wildman–Crippen MR) is 140 cm³/mol. The molecule has 186 valence electrons. The van der Waals surface area contributed by atoms with Crippen molar-refractivity contribution in [3.8, 4) is 11.3 Å². The molecule has 0 bridgehead atoms. The molecule has 0 unspecified atom stereocenters. The zero-order valence-corrected chi connectivity index (χ0v) is 20.7. The van der Waals surface area contributed by atoms with Crippen LogP contribution in [0.25, 0.3) is 22.2 Å². The van der Waals surface area contributed by atoms with Gasteiger partial charge in [-0.25, -0.2) is 4.98 Å². The lowest BCUT2D eigenvalue weighted by molar-refractivity contribution is -0.137. The molecule has 1 aliphatic heterocycles. The maximum Gasteiger partial charge on any atom is 0.418 e. The summed E-state index contributed by atoms with van der Waals surface area (Å²) in [6.07, 6.45) is -0.911. The third kappa shape index (κ3) is 4.87. The summed E-state index contributed by atoms with van der Waals surface area (Å²) in [5.41, 5.74) is 3.29. The molecule has 2 aromatic carbocycles. The number of aromatic nitrogens is 2. The highest BCUT2D eigenvalue weighted by Gasteiger charge is 2.34. The van der Waals surface area contributed by atoms with Gasteiger partial charge in [-0.3, -0.25) is 4.98 Å². The summed E-state index contributed by atoms with van der Waals surface area (Å²) < 4.78 is 41.0. The summed E-state index contributed by atoms with van der Waals surface area (Å²) in [6.45, 7) is 8.36. The fourth-order valence-electron chi connectivity index (χ4n) is 4.65. The van der Waals surface area contributed by atoms with E-state index >= 15 is 0 Å². The fraction of sp³-hybridized carbons (Fsp3) is 0.310. The quantitative estimate of drug-likeness (QED) is 0.315. The SMILES string of the molecule is CC(C)(C)c1ccc(Nc2cc(N3CCCC3)nc3cc(-c4ncccc4C(F)(F)F)ccc23)cc1. The molecule has 4 aromatic rings. The first-order valence-electron chi connectivity index (χ1n) is 12.2. The summed E-state index contributed by atoms with van der Waals surface area (Å²) >= 11 is 0. The summed E-state index contributed by atoms with van der Waals surface area (Å²) in [4.78, 5) is 11.2. The monoisotopic (exact) mass is 490 g/mol. The van der Waals surface area contributed by atoms with E-state index in [1.807, 2.05) is 12.1 Å². The molecule has 36 heavy (non-hydrogen) atoms. The normalized spacial score (nSPS) is 14.4. The van der Waals surface area contributed by atoms with Gasteiger partial charge in [-0.1, -0.05) is 45.0 Å². The number of anilines is 3. The second-order valence-corrected chi connectivity index (χ2v) is 10.3. The fourth-order valence-corrected chi connectivity index (χ4v) is 4.65. The third-order valence-electron chi connectivity index (χ3n) is 6.64. The lowest BCUT2D eigenvalue weighted by atomic mass is 9.87. The van der Waals surface area contributed by atoms with E-state index < -0.39 is 11.7 Å². The van der Waals surface area contributed by atoms with Crippen LogP contribution in [-0.4, -0.2) is 23.1 Å². The van der Waals surface area contributed by atoms with Crippen LogP contribution in [0.1, 0.15) is 44.7 Å². The molecule has 2 aromatic heterocycles. The highest BCUT2D eigenvalue weighted by Crippen LogP contribution is 2.38. The van der Waals surface area contributed by atoms with Gasteiger partial charge in [-0.15, -0.1) is 0 Å². The average Bonchev–Trinajstić information content (AvgIpc) is 3.38. The van der Waals surface area contributed by atoms with E-state index in [9.17, 15) is 13.2 Å². The van der Waals surface area contributed by atoms with Gasteiger partial charge < -0.3 is 10.2 Å². The minimum Gasteiger partial charge on any atom is -0.357 e. The molecule has 4 nitrogen and oxygen atoms in total. The number of rotatable bonds is 4. The molecule has 1 N–H and O–H groups in total. The molecule has 0 saturated carbocycles. The van der Waals surface area contributed by atoms with Crippen LogP contribution >= 0.6 is 0 Å². The minimum atomic E-state index is -4.49. The lowest BCUT2D eigenvalue weighted by Gasteiger charge is -2.21. The highest BCUT2D eigenvalue weighted by atomic mass is 19.4. The molecule has 7 heteroatoms. The first-order valence-corrected chi connectivity index (χ1v) is 12.2. The predicted octanol–water partition coefficient (Wildman–Crippen LogP) is 7.96. The van der Waals surface area contributed by atoms with Gasteiger partial charge in [-0.05, 0) is 54.2 Å². The molecule has 0 atom stereocenters. The zero-order valence-electron chi connectivity index (χ0n) is 20.7. The first kappa shape index (κ1) is 24.1. The number of nitrogens with zero attached hydrogens (tertiary/aromatic N) is 3. The number of benzene rings is 2. The van der Waals surface area contributed by atoms with Crippen molar-refractivity contribution in [2.24, 2.45) is 0 Å². The van der Waals surface area contributed by atoms with Crippen molar-refractivity contribution in [2.45, 2.75) is 45.2 Å². The Kier molecular flexibility index (Phi) is 6.10. The van der Waals surface area contributed by atoms with Gasteiger partial charge in [0, 0.05) is 42.0 Å². The Labute approximate surface area is 209 Å². The number of alkyl halides is 3. The van der Waals surface area contributed by atoms with Crippen molar-refractivity contribution in [2.75, 3.05) is 23.3 Å². The van der Waals surface area contributed by atoms with Crippen molar-refractivity contribution in [1.82, 2.24) is 9.97 Å². The molecule has 1 aliphatic rings. The Morgan fingerprint density at radius 1 is 0.889 bits per heavy atom. The standard InChI is InChI=1S/C29H29F3N4/c1-28(2,3)20-9-11-21(12-10-20)34-25-18-26(36-15-4-5-16-36)35-24-17-19(8-13-22(24)25)27-23(29(30,31)32)7-6-14-33-27/h6-14,17-18H,4-5,15-16H2,1-3H3,(H,34,35). The molecule has 0 spiro atoms. The number of hydrogen-bond donors (Lipinski definition) is 1. The smallest absolute Gasteiger partial charge is 0.357 e. The van der Waals surface area contributed by atoms with E-state index in [-0.39, 0.29) is 11.1 Å². The maximum absolute atomic E-state index is 13.7. The van der Waals surface area contributed by atoms with Crippen LogP contribution in [0.2, 0.25) is 0 Å². The van der Waals surface area contributed by atoms with Crippen LogP contribution in [0, 0.1) is 0 Å². The van der Waals surface area contributed by atoms with E-state index in [1.165, 1.54) is 17.8 Å². The molecular weight excluding hydrogens is 461 g/mol. The maximum atomic E-state index is 13.7.